The quantitative estimate of drug-likeness (QED) is 0.724. The molecule has 1 aromatic heterocycles. The molecular weight excluding hydrogens is 335 g/mol. The van der Waals surface area contributed by atoms with Crippen molar-refractivity contribution >= 4 is 21.7 Å². The third kappa shape index (κ3) is 2.34. The Balaban J connectivity index is 2.28. The van der Waals surface area contributed by atoms with Crippen molar-refractivity contribution in [2.24, 2.45) is 0 Å². The van der Waals surface area contributed by atoms with Gasteiger partial charge in [-0.15, -0.1) is 0 Å². The molecule has 0 bridgehead atoms. The molecule has 3 nitrogen and oxygen atoms in total. The van der Waals surface area contributed by atoms with E-state index in [1.807, 2.05) is 25.1 Å². The molecule has 21 heavy (non-hydrogen) atoms. The number of hydrogen-bond donors (Lipinski definition) is 1. The summed E-state index contributed by atoms with van der Waals surface area (Å²) in [7, 11) is 0. The predicted octanol–water partition coefficient (Wildman–Crippen LogP) is 4.80. The van der Waals surface area contributed by atoms with Gasteiger partial charge in [0, 0.05) is 15.6 Å². The highest BCUT2D eigenvalue weighted by atomic mass is 79.9. The van der Waals surface area contributed by atoms with Gasteiger partial charge in [0.25, 0.3) is 0 Å². The fourth-order valence-corrected chi connectivity index (χ4v) is 2.68. The van der Waals surface area contributed by atoms with E-state index in [-0.39, 0.29) is 11.6 Å². The monoisotopic (exact) mass is 346 g/mol. The van der Waals surface area contributed by atoms with Gasteiger partial charge in [0.05, 0.1) is 5.56 Å². The van der Waals surface area contributed by atoms with Crippen LogP contribution in [0.25, 0.3) is 22.5 Å². The number of nitrogens with two attached hydrogens (primary N) is 1. The largest absolute Gasteiger partial charge is 0.380 e. The molecule has 2 aromatic carbocycles. The molecule has 3 rings (SSSR count). The second kappa shape index (κ2) is 5.33. The molecule has 0 saturated carbocycles. The van der Waals surface area contributed by atoms with Crippen molar-refractivity contribution in [2.75, 3.05) is 5.73 Å². The Morgan fingerprint density at radius 3 is 2.57 bits per heavy atom. The first-order valence-electron chi connectivity index (χ1n) is 6.35. The van der Waals surface area contributed by atoms with Gasteiger partial charge < -0.3 is 10.3 Å². The van der Waals surface area contributed by atoms with Crippen molar-refractivity contribution < 1.29 is 8.91 Å². The van der Waals surface area contributed by atoms with Crippen LogP contribution in [0.2, 0.25) is 0 Å². The minimum atomic E-state index is -0.363. The van der Waals surface area contributed by atoms with Crippen LogP contribution in [0.15, 0.2) is 51.5 Å². The summed E-state index contributed by atoms with van der Waals surface area (Å²) < 4.78 is 20.3. The smallest absolute Gasteiger partial charge is 0.178 e. The number of aromatic nitrogens is 1. The number of nitrogen functional groups attached to an aromatic ring is 1. The van der Waals surface area contributed by atoms with E-state index in [0.717, 1.165) is 15.6 Å². The predicted molar refractivity (Wildman–Crippen MR) is 84.2 cm³/mol. The van der Waals surface area contributed by atoms with Gasteiger partial charge in [-0.1, -0.05) is 35.5 Å². The van der Waals surface area contributed by atoms with Crippen LogP contribution in [0.4, 0.5) is 10.2 Å². The molecule has 0 saturated heterocycles. The summed E-state index contributed by atoms with van der Waals surface area (Å²) in [5.74, 6) is 0.258. The third-order valence-corrected chi connectivity index (χ3v) is 4.35. The summed E-state index contributed by atoms with van der Waals surface area (Å²) in [6, 6.07) is 12.2. The maximum absolute atomic E-state index is 14.1. The van der Waals surface area contributed by atoms with Gasteiger partial charge in [-0.2, -0.15) is 0 Å². The first kappa shape index (κ1) is 13.8. The number of nitrogens with zero attached hydrogens (tertiary/aromatic N) is 1. The van der Waals surface area contributed by atoms with Crippen molar-refractivity contribution in [1.29, 1.82) is 0 Å². The number of benzene rings is 2. The molecule has 0 aliphatic rings. The van der Waals surface area contributed by atoms with Crippen LogP contribution < -0.4 is 5.73 Å². The zero-order valence-electron chi connectivity index (χ0n) is 11.2. The fourth-order valence-electron chi connectivity index (χ4n) is 2.23. The van der Waals surface area contributed by atoms with E-state index in [9.17, 15) is 4.39 Å². The van der Waals surface area contributed by atoms with Crippen molar-refractivity contribution in [3.63, 3.8) is 0 Å². The van der Waals surface area contributed by atoms with Crippen LogP contribution in [0.5, 0.6) is 0 Å². The van der Waals surface area contributed by atoms with E-state index in [1.54, 1.807) is 18.2 Å². The SMILES string of the molecule is Cc1cccc(-c2onc(N)c2-c2ccccc2F)c1Br. The number of aryl methyl sites for hydroxylation is 1. The maximum Gasteiger partial charge on any atom is 0.178 e. The summed E-state index contributed by atoms with van der Waals surface area (Å²) in [5.41, 5.74) is 8.56. The van der Waals surface area contributed by atoms with Crippen molar-refractivity contribution in [3.8, 4) is 22.5 Å². The first-order valence-corrected chi connectivity index (χ1v) is 7.14. The zero-order valence-corrected chi connectivity index (χ0v) is 12.8. The highest BCUT2D eigenvalue weighted by Gasteiger charge is 2.22. The maximum atomic E-state index is 14.1. The van der Waals surface area contributed by atoms with Gasteiger partial charge in [0.2, 0.25) is 0 Å². The van der Waals surface area contributed by atoms with E-state index in [2.05, 4.69) is 21.1 Å². The standard InChI is InChI=1S/C16H12BrFN2O/c1-9-5-4-7-11(14(9)17)15-13(16(19)20-21-15)10-6-2-3-8-12(10)18/h2-8H,1H3,(H2,19,20). The Hall–Kier alpha value is -2.14. The topological polar surface area (TPSA) is 52.0 Å². The minimum Gasteiger partial charge on any atom is -0.380 e. The Morgan fingerprint density at radius 2 is 1.81 bits per heavy atom. The van der Waals surface area contributed by atoms with Crippen LogP contribution in [0, 0.1) is 12.7 Å². The summed E-state index contributed by atoms with van der Waals surface area (Å²) in [5, 5.41) is 3.80. The lowest BCUT2D eigenvalue weighted by Gasteiger charge is -2.07. The molecule has 0 radical (unpaired) electrons. The second-order valence-electron chi connectivity index (χ2n) is 4.69. The molecule has 106 valence electrons. The first-order chi connectivity index (χ1) is 10.1. The average Bonchev–Trinajstić information content (AvgIpc) is 2.84. The molecule has 0 fully saturated rings. The molecule has 0 spiro atoms. The number of rotatable bonds is 2. The van der Waals surface area contributed by atoms with Gasteiger partial charge in [0.15, 0.2) is 11.6 Å². The van der Waals surface area contributed by atoms with Crippen LogP contribution in [0.1, 0.15) is 5.56 Å². The van der Waals surface area contributed by atoms with Crippen LogP contribution in [-0.4, -0.2) is 5.16 Å². The average molecular weight is 347 g/mol. The zero-order chi connectivity index (χ0) is 15.0. The Morgan fingerprint density at radius 1 is 1.10 bits per heavy atom. The lowest BCUT2D eigenvalue weighted by atomic mass is 10.00. The second-order valence-corrected chi connectivity index (χ2v) is 5.48. The Kier molecular flexibility index (Phi) is 3.51. The summed E-state index contributed by atoms with van der Waals surface area (Å²) in [6.45, 7) is 1.97. The molecule has 0 aliphatic carbocycles. The molecule has 0 unspecified atom stereocenters. The van der Waals surface area contributed by atoms with Crippen molar-refractivity contribution in [1.82, 2.24) is 5.16 Å². The van der Waals surface area contributed by atoms with Crippen LogP contribution in [0.3, 0.4) is 0 Å². The number of anilines is 1. The van der Waals surface area contributed by atoms with Gasteiger partial charge in [0.1, 0.15) is 5.82 Å². The molecule has 0 aliphatic heterocycles. The van der Waals surface area contributed by atoms with Gasteiger partial charge >= 0.3 is 0 Å². The van der Waals surface area contributed by atoms with E-state index in [1.165, 1.54) is 6.07 Å². The van der Waals surface area contributed by atoms with Crippen LogP contribution in [-0.2, 0) is 0 Å². The molecule has 0 atom stereocenters. The van der Waals surface area contributed by atoms with E-state index in [4.69, 9.17) is 10.3 Å². The third-order valence-electron chi connectivity index (χ3n) is 3.30. The highest BCUT2D eigenvalue weighted by molar-refractivity contribution is 9.10. The minimum absolute atomic E-state index is 0.170. The van der Waals surface area contributed by atoms with Crippen molar-refractivity contribution in [3.05, 3.63) is 58.3 Å². The Labute approximate surface area is 129 Å². The molecule has 2 N–H and O–H groups in total. The van der Waals surface area contributed by atoms with Gasteiger partial charge in [-0.25, -0.2) is 4.39 Å². The van der Waals surface area contributed by atoms with Gasteiger partial charge in [-0.05, 0) is 40.5 Å². The Bertz CT molecular complexity index is 814. The van der Waals surface area contributed by atoms with Gasteiger partial charge in [-0.3, -0.25) is 0 Å². The van der Waals surface area contributed by atoms with E-state index >= 15 is 0 Å². The highest BCUT2D eigenvalue weighted by Crippen LogP contribution is 2.41. The summed E-state index contributed by atoms with van der Waals surface area (Å²) in [4.78, 5) is 0. The molecule has 1 heterocycles. The molecule has 3 aromatic rings. The molecule has 0 amide bonds. The normalized spacial score (nSPS) is 10.8. The van der Waals surface area contributed by atoms with Crippen LogP contribution >= 0.6 is 15.9 Å². The number of hydrogen-bond acceptors (Lipinski definition) is 3. The summed E-state index contributed by atoms with van der Waals surface area (Å²) >= 11 is 3.53. The van der Waals surface area contributed by atoms with Crippen molar-refractivity contribution in [2.45, 2.75) is 6.92 Å². The summed E-state index contributed by atoms with van der Waals surface area (Å²) in [6.07, 6.45) is 0. The molecule has 5 heteroatoms. The fraction of sp³-hybridized carbons (Fsp3) is 0.0625. The van der Waals surface area contributed by atoms with E-state index in [0.29, 0.717) is 16.9 Å². The lowest BCUT2D eigenvalue weighted by molar-refractivity contribution is 0.436. The van der Waals surface area contributed by atoms with E-state index < -0.39 is 0 Å². The molecular formula is C16H12BrFN2O. The lowest BCUT2D eigenvalue weighted by Crippen LogP contribution is -1.92. The number of halogens is 2.